The lowest BCUT2D eigenvalue weighted by atomic mass is 10.0. The second-order valence-corrected chi connectivity index (χ2v) is 7.74. The van der Waals surface area contributed by atoms with Crippen LogP contribution in [0.1, 0.15) is 11.6 Å². The zero-order valence-corrected chi connectivity index (χ0v) is 20.6. The molecule has 2 aromatic heterocycles. The molecule has 2 aromatic rings. The zero-order chi connectivity index (χ0) is 35.0. The molecule has 0 aliphatic carbocycles. The SMILES string of the molecule is Cn1c(C(F)(F)C(F)(F)C(F)(F)C(F)(F)F)n[nH]c1=S.Cn1cnnc1C(F)(F)C(F)(F)C(F)(F)C(F)(F)F.O=[N+]([O-])O. The minimum Gasteiger partial charge on any atom is -0.328 e. The monoisotopic (exact) mass is 697 g/mol. The molecule has 0 aliphatic rings. The third-order valence-electron chi connectivity index (χ3n) is 4.44. The number of aryl methyl sites for hydroxylation is 1. The molecule has 0 fully saturated rings. The molecule has 43 heavy (non-hydrogen) atoms. The summed E-state index contributed by atoms with van der Waals surface area (Å²) >= 11 is 4.29. The first-order chi connectivity index (χ1) is 18.7. The van der Waals surface area contributed by atoms with Crippen LogP contribution in [0.15, 0.2) is 6.33 Å². The van der Waals surface area contributed by atoms with Crippen LogP contribution in [0.3, 0.4) is 0 Å². The summed E-state index contributed by atoms with van der Waals surface area (Å²) in [5, 5.41) is 22.9. The Hall–Kier alpha value is -3.56. The van der Waals surface area contributed by atoms with Gasteiger partial charge in [-0.25, -0.2) is 0 Å². The zero-order valence-electron chi connectivity index (χ0n) is 19.7. The van der Waals surface area contributed by atoms with E-state index in [1.165, 1.54) is 0 Å². The van der Waals surface area contributed by atoms with E-state index in [9.17, 15) is 79.0 Å². The fourth-order valence-electron chi connectivity index (χ4n) is 2.23. The highest BCUT2D eigenvalue weighted by Gasteiger charge is 2.84. The first kappa shape index (κ1) is 39.4. The van der Waals surface area contributed by atoms with E-state index >= 15 is 0 Å². The van der Waals surface area contributed by atoms with E-state index < -0.39 is 69.4 Å². The number of alkyl halides is 18. The third kappa shape index (κ3) is 6.99. The molecule has 0 saturated heterocycles. The average molecular weight is 697 g/mol. The van der Waals surface area contributed by atoms with Gasteiger partial charge < -0.3 is 14.3 Å². The van der Waals surface area contributed by atoms with Gasteiger partial charge in [-0.3, -0.25) is 5.10 Å². The van der Waals surface area contributed by atoms with E-state index in [-0.39, 0.29) is 9.13 Å². The molecular formula is C14H9F18N7O3S. The fourth-order valence-corrected chi connectivity index (χ4v) is 2.36. The Morgan fingerprint density at radius 2 is 1.07 bits per heavy atom. The molecule has 2 rings (SSSR count). The summed E-state index contributed by atoms with van der Waals surface area (Å²) in [6, 6.07) is 0. The van der Waals surface area contributed by atoms with E-state index in [0.717, 1.165) is 0 Å². The molecular weight excluding hydrogens is 688 g/mol. The van der Waals surface area contributed by atoms with Crippen LogP contribution in [-0.2, 0) is 25.9 Å². The second kappa shape index (κ2) is 11.8. The Balaban J connectivity index is 0.000000730. The van der Waals surface area contributed by atoms with E-state index in [1.807, 2.05) is 0 Å². The molecule has 0 bridgehead atoms. The number of nitrogens with one attached hydrogen (secondary N) is 1. The quantitative estimate of drug-likeness (QED) is 0.169. The number of aromatic nitrogens is 6. The second-order valence-electron chi connectivity index (χ2n) is 7.36. The van der Waals surface area contributed by atoms with Crippen molar-refractivity contribution in [3.63, 3.8) is 0 Å². The molecule has 0 spiro atoms. The van der Waals surface area contributed by atoms with Crippen LogP contribution in [-0.4, -0.2) is 75.9 Å². The number of halogens is 18. The van der Waals surface area contributed by atoms with Crippen LogP contribution in [0.25, 0.3) is 0 Å². The Morgan fingerprint density at radius 3 is 1.30 bits per heavy atom. The summed E-state index contributed by atoms with van der Waals surface area (Å²) in [5.41, 5.74) is 0. The van der Waals surface area contributed by atoms with Crippen molar-refractivity contribution in [1.29, 1.82) is 0 Å². The first-order valence-corrected chi connectivity index (χ1v) is 9.78. The van der Waals surface area contributed by atoms with Crippen LogP contribution >= 0.6 is 12.2 Å². The lowest BCUT2D eigenvalue weighted by Gasteiger charge is -2.32. The molecule has 29 heteroatoms. The molecule has 0 aliphatic heterocycles. The lowest BCUT2D eigenvalue weighted by molar-refractivity contribution is -0.742. The maximum absolute atomic E-state index is 13.4. The number of hydrogen-bond donors (Lipinski definition) is 2. The molecule has 0 amide bonds. The fraction of sp³-hybridized carbons (Fsp3) is 0.714. The molecule has 0 unspecified atom stereocenters. The number of hydrogen-bond acceptors (Lipinski definition) is 6. The van der Waals surface area contributed by atoms with E-state index in [4.69, 9.17) is 15.3 Å². The predicted molar refractivity (Wildman–Crippen MR) is 97.9 cm³/mol. The summed E-state index contributed by atoms with van der Waals surface area (Å²) in [6.07, 6.45) is -13.3. The van der Waals surface area contributed by atoms with E-state index in [1.54, 1.807) is 5.10 Å². The first-order valence-electron chi connectivity index (χ1n) is 9.37. The van der Waals surface area contributed by atoms with Gasteiger partial charge in [-0.05, 0) is 12.2 Å². The molecule has 2 N–H and O–H groups in total. The third-order valence-corrected chi connectivity index (χ3v) is 4.81. The average Bonchev–Trinajstić information content (AvgIpc) is 3.37. The number of H-pyrrole nitrogens is 1. The summed E-state index contributed by atoms with van der Waals surface area (Å²) in [6.45, 7) is 0. The Bertz CT molecular complexity index is 1310. The van der Waals surface area contributed by atoms with Crippen molar-refractivity contribution in [2.24, 2.45) is 14.1 Å². The maximum atomic E-state index is 13.4. The molecule has 0 atom stereocenters. The van der Waals surface area contributed by atoms with Gasteiger partial charge in [0.2, 0.25) is 11.6 Å². The van der Waals surface area contributed by atoms with Gasteiger partial charge in [-0.15, -0.1) is 20.3 Å². The Kier molecular flexibility index (Phi) is 10.9. The van der Waals surface area contributed by atoms with Crippen LogP contribution in [0, 0.1) is 14.9 Å². The van der Waals surface area contributed by atoms with Crippen LogP contribution in [0.4, 0.5) is 79.0 Å². The molecule has 2 heterocycles. The van der Waals surface area contributed by atoms with Gasteiger partial charge in [0.15, 0.2) is 4.77 Å². The normalized spacial score (nSPS) is 14.0. The summed E-state index contributed by atoms with van der Waals surface area (Å²) in [7, 11) is 1.34. The summed E-state index contributed by atoms with van der Waals surface area (Å²) in [5.74, 6) is -43.2. The van der Waals surface area contributed by atoms with Crippen molar-refractivity contribution in [2.45, 2.75) is 47.9 Å². The van der Waals surface area contributed by atoms with Gasteiger partial charge in [0.05, 0.1) is 0 Å². The highest BCUT2D eigenvalue weighted by molar-refractivity contribution is 7.71. The summed E-state index contributed by atoms with van der Waals surface area (Å²) in [4.78, 5) is 8.36. The molecule has 10 nitrogen and oxygen atoms in total. The maximum Gasteiger partial charge on any atom is 0.460 e. The standard InChI is InChI=1S/C7H4F9N3S.C7H4F9N3.HNO3/c1-19-2(17-18-3(19)20)4(8,9)5(10,11)6(12,13)7(14,15)16;1-19-2-17-18-3(19)4(8,9)5(10,11)6(12,13)7(14,15)16;2-1(3)4/h1H3,(H,18,20);2H,1H3;(H,2,3,4). The predicted octanol–water partition coefficient (Wildman–Crippen LogP) is 5.79. The van der Waals surface area contributed by atoms with Gasteiger partial charge in [-0.1, -0.05) is 0 Å². The molecule has 250 valence electrons. The van der Waals surface area contributed by atoms with Crippen molar-refractivity contribution in [1.82, 2.24) is 29.5 Å². The van der Waals surface area contributed by atoms with Gasteiger partial charge in [0.25, 0.3) is 5.09 Å². The lowest BCUT2D eigenvalue weighted by Crippen LogP contribution is -2.60. The van der Waals surface area contributed by atoms with Crippen molar-refractivity contribution in [3.05, 3.63) is 32.9 Å². The summed E-state index contributed by atoms with van der Waals surface area (Å²) < 4.78 is 226. The largest absolute Gasteiger partial charge is 0.460 e. The van der Waals surface area contributed by atoms with Crippen LogP contribution in [0.5, 0.6) is 0 Å². The van der Waals surface area contributed by atoms with Crippen LogP contribution < -0.4 is 0 Å². The minimum atomic E-state index is -6.96. The van der Waals surface area contributed by atoms with Crippen molar-refractivity contribution in [2.75, 3.05) is 0 Å². The minimum absolute atomic E-state index is 0.0652. The van der Waals surface area contributed by atoms with Gasteiger partial charge in [0.1, 0.15) is 6.33 Å². The van der Waals surface area contributed by atoms with Crippen molar-refractivity contribution < 1.29 is 89.3 Å². The van der Waals surface area contributed by atoms with Crippen molar-refractivity contribution >= 4 is 12.2 Å². The van der Waals surface area contributed by atoms with E-state index in [2.05, 4.69) is 27.5 Å². The number of aromatic amines is 1. The van der Waals surface area contributed by atoms with Gasteiger partial charge >= 0.3 is 47.9 Å². The smallest absolute Gasteiger partial charge is 0.328 e. The molecule has 0 aromatic carbocycles. The van der Waals surface area contributed by atoms with Gasteiger partial charge in [-0.2, -0.15) is 84.1 Å². The van der Waals surface area contributed by atoms with Crippen molar-refractivity contribution in [3.8, 4) is 0 Å². The molecule has 0 radical (unpaired) electrons. The molecule has 0 saturated carbocycles. The topological polar surface area (TPSA) is 128 Å². The van der Waals surface area contributed by atoms with Gasteiger partial charge in [0, 0.05) is 14.1 Å². The number of rotatable bonds is 6. The van der Waals surface area contributed by atoms with Crippen LogP contribution in [0.2, 0.25) is 0 Å². The number of nitrogens with zero attached hydrogens (tertiary/aromatic N) is 6. The Morgan fingerprint density at radius 1 is 0.744 bits per heavy atom. The Labute approximate surface area is 227 Å². The highest BCUT2D eigenvalue weighted by Crippen LogP contribution is 2.57. The van der Waals surface area contributed by atoms with E-state index in [0.29, 0.717) is 20.4 Å². The highest BCUT2D eigenvalue weighted by atomic mass is 32.1.